The van der Waals surface area contributed by atoms with Crippen LogP contribution >= 0.6 is 0 Å². The van der Waals surface area contributed by atoms with E-state index in [2.05, 4.69) is 50.9 Å². The van der Waals surface area contributed by atoms with Gasteiger partial charge >= 0.3 is 0 Å². The van der Waals surface area contributed by atoms with Crippen molar-refractivity contribution in [1.29, 1.82) is 0 Å². The third-order valence-electron chi connectivity index (χ3n) is 6.14. The second-order valence-corrected chi connectivity index (χ2v) is 8.99. The third-order valence-corrected chi connectivity index (χ3v) is 6.14. The molecule has 0 radical (unpaired) electrons. The van der Waals surface area contributed by atoms with E-state index in [0.29, 0.717) is 18.5 Å². The molecule has 0 fully saturated rings. The van der Waals surface area contributed by atoms with E-state index in [1.807, 2.05) is 30.3 Å². The summed E-state index contributed by atoms with van der Waals surface area (Å²) in [4.78, 5) is 24.2. The van der Waals surface area contributed by atoms with Crippen molar-refractivity contribution in [3.63, 3.8) is 0 Å². The fourth-order valence-electron chi connectivity index (χ4n) is 4.24. The molecule has 0 aliphatic carbocycles. The highest BCUT2D eigenvalue weighted by Crippen LogP contribution is 2.22. The number of rotatable bonds is 12. The van der Waals surface area contributed by atoms with Crippen LogP contribution in [0.25, 0.3) is 10.9 Å². The molecule has 0 bridgehead atoms. The van der Waals surface area contributed by atoms with Gasteiger partial charge < -0.3 is 15.0 Å². The van der Waals surface area contributed by atoms with Crippen LogP contribution in [0.4, 0.5) is 5.69 Å². The molecule has 1 aromatic heterocycles. The molecular weight excluding hydrogens is 464 g/mol. The standard InChI is InChI=1S/C30H32N4O3/c35-28-17-11-9-15-26(28)32-29(36)18-6-1-2-7-19-30(37)33-31-20-24-22-34(21-23-12-4-3-5-13-23)27-16-10-8-14-25(24)27/h3-5,8-17,20,22,35H,1-2,6-7,18-19,21H2,(H,32,36)(H,33,37)/b31-20+. The van der Waals surface area contributed by atoms with Crippen LogP contribution in [-0.4, -0.2) is 27.7 Å². The van der Waals surface area contributed by atoms with Crippen LogP contribution in [-0.2, 0) is 16.1 Å². The van der Waals surface area contributed by atoms with Gasteiger partial charge in [0, 0.05) is 42.0 Å². The molecule has 190 valence electrons. The molecule has 3 N–H and O–H groups in total. The Morgan fingerprint density at radius 3 is 2.27 bits per heavy atom. The van der Waals surface area contributed by atoms with E-state index in [0.717, 1.165) is 48.7 Å². The molecule has 7 nitrogen and oxygen atoms in total. The van der Waals surface area contributed by atoms with Crippen molar-refractivity contribution in [2.24, 2.45) is 5.10 Å². The average Bonchev–Trinajstić information content (AvgIpc) is 3.25. The number of unbranched alkanes of at least 4 members (excludes halogenated alkanes) is 3. The van der Waals surface area contributed by atoms with E-state index >= 15 is 0 Å². The van der Waals surface area contributed by atoms with Crippen LogP contribution in [0.1, 0.15) is 49.7 Å². The largest absolute Gasteiger partial charge is 0.506 e. The zero-order valence-corrected chi connectivity index (χ0v) is 20.8. The molecule has 0 saturated carbocycles. The molecule has 0 atom stereocenters. The first kappa shape index (κ1) is 25.7. The van der Waals surface area contributed by atoms with Crippen molar-refractivity contribution < 1.29 is 14.7 Å². The highest BCUT2D eigenvalue weighted by Gasteiger charge is 2.08. The van der Waals surface area contributed by atoms with Crippen molar-refractivity contribution in [3.05, 3.63) is 96.2 Å². The zero-order valence-electron chi connectivity index (χ0n) is 20.8. The van der Waals surface area contributed by atoms with Crippen LogP contribution < -0.4 is 10.7 Å². The van der Waals surface area contributed by atoms with Crippen molar-refractivity contribution in [2.45, 2.75) is 45.1 Å². The molecule has 1 heterocycles. The maximum absolute atomic E-state index is 12.2. The van der Waals surface area contributed by atoms with E-state index in [-0.39, 0.29) is 17.6 Å². The Balaban J connectivity index is 1.17. The van der Waals surface area contributed by atoms with Crippen LogP contribution in [0.15, 0.2) is 90.2 Å². The lowest BCUT2D eigenvalue weighted by Crippen LogP contribution is -2.16. The summed E-state index contributed by atoms with van der Waals surface area (Å²) < 4.78 is 2.19. The number of phenolic OH excluding ortho intramolecular Hbond substituents is 1. The Bertz CT molecular complexity index is 1360. The van der Waals surface area contributed by atoms with Crippen LogP contribution in [0.5, 0.6) is 5.75 Å². The van der Waals surface area contributed by atoms with Crippen molar-refractivity contribution in [3.8, 4) is 5.75 Å². The first-order valence-electron chi connectivity index (χ1n) is 12.6. The normalized spacial score (nSPS) is 11.1. The van der Waals surface area contributed by atoms with E-state index < -0.39 is 0 Å². The molecule has 2 amide bonds. The number of fused-ring (bicyclic) bond motifs is 1. The summed E-state index contributed by atoms with van der Waals surface area (Å²) in [6, 6.07) is 25.1. The monoisotopic (exact) mass is 496 g/mol. The van der Waals surface area contributed by atoms with Gasteiger partial charge in [0.25, 0.3) is 0 Å². The first-order valence-corrected chi connectivity index (χ1v) is 12.6. The molecule has 0 aliphatic rings. The summed E-state index contributed by atoms with van der Waals surface area (Å²) in [5.74, 6) is -0.192. The summed E-state index contributed by atoms with van der Waals surface area (Å²) in [6.45, 7) is 0.762. The summed E-state index contributed by atoms with van der Waals surface area (Å²) in [5.41, 5.74) is 6.34. The Labute approximate surface area is 216 Å². The van der Waals surface area contributed by atoms with Crippen molar-refractivity contribution in [1.82, 2.24) is 9.99 Å². The minimum absolute atomic E-state index is 0.0578. The van der Waals surface area contributed by atoms with Gasteiger partial charge in [0.2, 0.25) is 11.8 Å². The number of carbonyl (C=O) groups excluding carboxylic acids is 2. The number of amides is 2. The van der Waals surface area contributed by atoms with Gasteiger partial charge in [-0.25, -0.2) is 5.43 Å². The number of anilines is 1. The lowest BCUT2D eigenvalue weighted by atomic mass is 10.1. The van der Waals surface area contributed by atoms with Crippen LogP contribution in [0, 0.1) is 0 Å². The maximum atomic E-state index is 12.2. The number of phenols is 1. The molecule has 0 spiro atoms. The second kappa shape index (κ2) is 13.1. The highest BCUT2D eigenvalue weighted by atomic mass is 16.3. The predicted octanol–water partition coefficient (Wildman–Crippen LogP) is 5.82. The van der Waals surface area contributed by atoms with Gasteiger partial charge in [-0.3, -0.25) is 9.59 Å². The topological polar surface area (TPSA) is 95.7 Å². The van der Waals surface area contributed by atoms with E-state index in [1.165, 1.54) is 11.6 Å². The Morgan fingerprint density at radius 1 is 0.811 bits per heavy atom. The number of nitrogens with one attached hydrogen (secondary N) is 2. The Hall–Kier alpha value is -4.39. The minimum Gasteiger partial charge on any atom is -0.506 e. The van der Waals surface area contributed by atoms with Gasteiger partial charge in [-0.1, -0.05) is 73.5 Å². The Kier molecular flexibility index (Phi) is 9.07. The van der Waals surface area contributed by atoms with Gasteiger partial charge in [-0.2, -0.15) is 5.10 Å². The second-order valence-electron chi connectivity index (χ2n) is 8.99. The summed E-state index contributed by atoms with van der Waals surface area (Å²) >= 11 is 0. The van der Waals surface area contributed by atoms with Gasteiger partial charge in [0.05, 0.1) is 11.9 Å². The van der Waals surface area contributed by atoms with Gasteiger partial charge in [-0.15, -0.1) is 0 Å². The molecular formula is C30H32N4O3. The number of nitrogens with zero attached hydrogens (tertiary/aromatic N) is 2. The maximum Gasteiger partial charge on any atom is 0.240 e. The molecule has 4 aromatic rings. The number of carbonyl (C=O) groups is 2. The lowest BCUT2D eigenvalue weighted by molar-refractivity contribution is -0.121. The molecule has 0 unspecified atom stereocenters. The first-order chi connectivity index (χ1) is 18.1. The quantitative estimate of drug-likeness (QED) is 0.0997. The summed E-state index contributed by atoms with van der Waals surface area (Å²) in [7, 11) is 0. The molecule has 37 heavy (non-hydrogen) atoms. The fraction of sp³-hybridized carbons (Fsp3) is 0.233. The van der Waals surface area contributed by atoms with Crippen LogP contribution in [0.3, 0.4) is 0 Å². The minimum atomic E-state index is -0.126. The lowest BCUT2D eigenvalue weighted by Gasteiger charge is -2.06. The van der Waals surface area contributed by atoms with Crippen molar-refractivity contribution >= 4 is 34.6 Å². The zero-order chi connectivity index (χ0) is 25.9. The number of hydrogen-bond acceptors (Lipinski definition) is 4. The number of benzene rings is 3. The fourth-order valence-corrected chi connectivity index (χ4v) is 4.24. The predicted molar refractivity (Wildman–Crippen MR) is 148 cm³/mol. The van der Waals surface area contributed by atoms with E-state index in [9.17, 15) is 14.7 Å². The van der Waals surface area contributed by atoms with Gasteiger partial charge in [0.1, 0.15) is 5.75 Å². The van der Waals surface area contributed by atoms with E-state index in [4.69, 9.17) is 0 Å². The average molecular weight is 497 g/mol. The number of hydrazone groups is 1. The molecule has 7 heteroatoms. The number of para-hydroxylation sites is 3. The highest BCUT2D eigenvalue weighted by molar-refractivity contribution is 5.99. The molecule has 4 rings (SSSR count). The molecule has 0 aliphatic heterocycles. The van der Waals surface area contributed by atoms with Crippen molar-refractivity contribution in [2.75, 3.05) is 5.32 Å². The smallest absolute Gasteiger partial charge is 0.240 e. The van der Waals surface area contributed by atoms with Gasteiger partial charge in [0.15, 0.2) is 0 Å². The summed E-state index contributed by atoms with van der Waals surface area (Å²) in [5, 5.41) is 17.7. The van der Waals surface area contributed by atoms with E-state index in [1.54, 1.807) is 24.4 Å². The van der Waals surface area contributed by atoms with Crippen LogP contribution in [0.2, 0.25) is 0 Å². The number of aromatic nitrogens is 1. The molecule has 3 aromatic carbocycles. The Morgan fingerprint density at radius 2 is 1.49 bits per heavy atom. The summed E-state index contributed by atoms with van der Waals surface area (Å²) in [6.07, 6.45) is 7.69. The molecule has 0 saturated heterocycles. The number of aromatic hydroxyl groups is 1. The third kappa shape index (κ3) is 7.54. The number of hydrogen-bond donors (Lipinski definition) is 3. The van der Waals surface area contributed by atoms with Gasteiger partial charge in [-0.05, 0) is 36.6 Å². The SMILES string of the molecule is O=C(CCCCCCC(=O)Nc1ccccc1O)N/N=C/c1cn(Cc2ccccc2)c2ccccc12.